The number of halogens is 1. The van der Waals surface area contributed by atoms with Crippen LogP contribution in [0.15, 0.2) is 16.9 Å². The Hall–Kier alpha value is -1.43. The van der Waals surface area contributed by atoms with Gasteiger partial charge in [0.15, 0.2) is 0 Å². The standard InChI is InChI=1S/C9H10BrN5/c1-5-13-6(2)15(14-5)9-7(10)3-12-4-8(9)11/h3-4H,11H2,1-2H3. The minimum absolute atomic E-state index is 0.567. The van der Waals surface area contributed by atoms with Gasteiger partial charge in [-0.1, -0.05) is 0 Å². The van der Waals surface area contributed by atoms with Gasteiger partial charge in [0.05, 0.1) is 16.4 Å². The number of nitrogens with two attached hydrogens (primary N) is 1. The molecule has 0 radical (unpaired) electrons. The Labute approximate surface area is 95.5 Å². The van der Waals surface area contributed by atoms with Crippen molar-refractivity contribution >= 4 is 21.6 Å². The first-order valence-electron chi connectivity index (χ1n) is 4.39. The second kappa shape index (κ2) is 3.62. The average molecular weight is 268 g/mol. The Morgan fingerprint density at radius 1 is 1.33 bits per heavy atom. The third kappa shape index (κ3) is 1.72. The second-order valence-corrected chi connectivity index (χ2v) is 4.03. The smallest absolute Gasteiger partial charge is 0.148 e. The molecule has 0 aliphatic carbocycles. The van der Waals surface area contributed by atoms with Gasteiger partial charge in [0.2, 0.25) is 0 Å². The summed E-state index contributed by atoms with van der Waals surface area (Å²) in [6.45, 7) is 3.72. The molecule has 0 spiro atoms. The minimum Gasteiger partial charge on any atom is -0.396 e. The molecule has 0 amide bonds. The molecule has 0 fully saturated rings. The number of hydrogen-bond acceptors (Lipinski definition) is 4. The predicted molar refractivity (Wildman–Crippen MR) is 60.7 cm³/mol. The Kier molecular flexibility index (Phi) is 2.44. The number of nitrogens with zero attached hydrogens (tertiary/aromatic N) is 4. The van der Waals surface area contributed by atoms with E-state index in [1.807, 2.05) is 13.8 Å². The highest BCUT2D eigenvalue weighted by atomic mass is 79.9. The number of nitrogen functional groups attached to an aromatic ring is 1. The highest BCUT2D eigenvalue weighted by molar-refractivity contribution is 9.10. The lowest BCUT2D eigenvalue weighted by atomic mass is 10.3. The van der Waals surface area contributed by atoms with Gasteiger partial charge in [0.25, 0.3) is 0 Å². The average Bonchev–Trinajstić information content (AvgIpc) is 2.45. The third-order valence-corrected chi connectivity index (χ3v) is 2.57. The summed E-state index contributed by atoms with van der Waals surface area (Å²) in [4.78, 5) is 8.20. The molecule has 0 aliphatic rings. The lowest BCUT2D eigenvalue weighted by molar-refractivity contribution is 0.827. The Bertz CT molecular complexity index is 485. The lowest BCUT2D eigenvalue weighted by Crippen LogP contribution is -2.05. The van der Waals surface area contributed by atoms with Crippen LogP contribution >= 0.6 is 15.9 Å². The lowest BCUT2D eigenvalue weighted by Gasteiger charge is -2.07. The molecule has 2 rings (SSSR count). The molecule has 0 bridgehead atoms. The molecule has 0 aromatic carbocycles. The molecule has 78 valence electrons. The molecule has 2 N–H and O–H groups in total. The van der Waals surface area contributed by atoms with Gasteiger partial charge >= 0.3 is 0 Å². The number of anilines is 1. The molecule has 5 nitrogen and oxygen atoms in total. The summed E-state index contributed by atoms with van der Waals surface area (Å²) < 4.78 is 2.51. The van der Waals surface area contributed by atoms with E-state index in [4.69, 9.17) is 5.73 Å². The highest BCUT2D eigenvalue weighted by Crippen LogP contribution is 2.25. The summed E-state index contributed by atoms with van der Waals surface area (Å²) in [6.07, 6.45) is 3.28. The zero-order chi connectivity index (χ0) is 11.0. The maximum atomic E-state index is 5.85. The van der Waals surface area contributed by atoms with Crippen molar-refractivity contribution in [3.63, 3.8) is 0 Å². The van der Waals surface area contributed by atoms with Gasteiger partial charge in [0.1, 0.15) is 17.3 Å². The van der Waals surface area contributed by atoms with Crippen LogP contribution in [0.1, 0.15) is 11.6 Å². The Balaban J connectivity index is 2.68. The van der Waals surface area contributed by atoms with E-state index in [1.54, 1.807) is 17.1 Å². The largest absolute Gasteiger partial charge is 0.396 e. The van der Waals surface area contributed by atoms with E-state index < -0.39 is 0 Å². The van der Waals surface area contributed by atoms with E-state index in [0.29, 0.717) is 5.69 Å². The summed E-state index contributed by atoms with van der Waals surface area (Å²) in [6, 6.07) is 0. The van der Waals surface area contributed by atoms with E-state index >= 15 is 0 Å². The van der Waals surface area contributed by atoms with Crippen molar-refractivity contribution in [3.05, 3.63) is 28.5 Å². The summed E-state index contributed by atoms with van der Waals surface area (Å²) in [7, 11) is 0. The van der Waals surface area contributed by atoms with Crippen molar-refractivity contribution in [2.45, 2.75) is 13.8 Å². The summed E-state index contributed by atoms with van der Waals surface area (Å²) in [5.41, 5.74) is 7.20. The molecular weight excluding hydrogens is 258 g/mol. The molecule has 0 unspecified atom stereocenters. The topological polar surface area (TPSA) is 69.6 Å². The van der Waals surface area contributed by atoms with Gasteiger partial charge in [0, 0.05) is 6.20 Å². The fourth-order valence-electron chi connectivity index (χ4n) is 1.40. The van der Waals surface area contributed by atoms with Gasteiger partial charge in [-0.05, 0) is 29.8 Å². The Morgan fingerprint density at radius 3 is 2.60 bits per heavy atom. The van der Waals surface area contributed by atoms with Crippen molar-refractivity contribution in [2.24, 2.45) is 0 Å². The first-order chi connectivity index (χ1) is 7.09. The summed E-state index contributed by atoms with van der Waals surface area (Å²) in [5.74, 6) is 1.52. The quantitative estimate of drug-likeness (QED) is 0.853. The SMILES string of the molecule is Cc1nc(C)n(-c2c(N)cncc2Br)n1. The van der Waals surface area contributed by atoms with E-state index in [9.17, 15) is 0 Å². The molecule has 15 heavy (non-hydrogen) atoms. The molecule has 0 atom stereocenters. The molecule has 6 heteroatoms. The van der Waals surface area contributed by atoms with E-state index in [-0.39, 0.29) is 0 Å². The number of pyridine rings is 1. The van der Waals surface area contributed by atoms with Gasteiger partial charge < -0.3 is 5.73 Å². The monoisotopic (exact) mass is 267 g/mol. The van der Waals surface area contributed by atoms with Crippen LogP contribution in [0.4, 0.5) is 5.69 Å². The van der Waals surface area contributed by atoms with Crippen molar-refractivity contribution in [1.82, 2.24) is 19.7 Å². The van der Waals surface area contributed by atoms with Crippen LogP contribution in [0.5, 0.6) is 0 Å². The first-order valence-corrected chi connectivity index (χ1v) is 5.18. The fourth-order valence-corrected chi connectivity index (χ4v) is 1.91. The van der Waals surface area contributed by atoms with Crippen LogP contribution in [0.25, 0.3) is 5.69 Å². The van der Waals surface area contributed by atoms with Gasteiger partial charge in [-0.15, -0.1) is 0 Å². The van der Waals surface area contributed by atoms with Gasteiger partial charge in [-0.2, -0.15) is 5.10 Å². The van der Waals surface area contributed by atoms with Gasteiger partial charge in [-0.25, -0.2) is 9.67 Å². The molecule has 0 saturated carbocycles. The first kappa shape index (κ1) is 10.1. The molecule has 0 saturated heterocycles. The van der Waals surface area contributed by atoms with Crippen LogP contribution < -0.4 is 5.73 Å². The fraction of sp³-hybridized carbons (Fsp3) is 0.222. The molecule has 2 aromatic rings. The summed E-state index contributed by atoms with van der Waals surface area (Å²) >= 11 is 3.40. The van der Waals surface area contributed by atoms with Crippen LogP contribution in [0.3, 0.4) is 0 Å². The zero-order valence-electron chi connectivity index (χ0n) is 8.40. The molecule has 2 aromatic heterocycles. The number of rotatable bonds is 1. The third-order valence-electron chi connectivity index (χ3n) is 1.99. The maximum Gasteiger partial charge on any atom is 0.148 e. The summed E-state index contributed by atoms with van der Waals surface area (Å²) in [5, 5.41) is 4.27. The maximum absolute atomic E-state index is 5.85. The van der Waals surface area contributed by atoms with Crippen LogP contribution in [-0.2, 0) is 0 Å². The zero-order valence-corrected chi connectivity index (χ0v) is 9.98. The van der Waals surface area contributed by atoms with Crippen LogP contribution in [-0.4, -0.2) is 19.7 Å². The van der Waals surface area contributed by atoms with Crippen molar-refractivity contribution < 1.29 is 0 Å². The number of aryl methyl sites for hydroxylation is 2. The second-order valence-electron chi connectivity index (χ2n) is 3.18. The number of hydrogen-bond donors (Lipinski definition) is 1. The van der Waals surface area contributed by atoms with Gasteiger partial charge in [-0.3, -0.25) is 4.98 Å². The molecular formula is C9H10BrN5. The van der Waals surface area contributed by atoms with Crippen molar-refractivity contribution in [2.75, 3.05) is 5.73 Å². The molecule has 2 heterocycles. The Morgan fingerprint density at radius 2 is 2.07 bits per heavy atom. The minimum atomic E-state index is 0.567. The molecule has 0 aliphatic heterocycles. The van der Waals surface area contributed by atoms with E-state index in [1.165, 1.54) is 0 Å². The van der Waals surface area contributed by atoms with Crippen LogP contribution in [0, 0.1) is 13.8 Å². The predicted octanol–water partition coefficient (Wildman–Crippen LogP) is 1.62. The van der Waals surface area contributed by atoms with E-state index in [0.717, 1.165) is 21.8 Å². The highest BCUT2D eigenvalue weighted by Gasteiger charge is 2.11. The van der Waals surface area contributed by atoms with Crippen LogP contribution in [0.2, 0.25) is 0 Å². The normalized spacial score (nSPS) is 10.6. The van der Waals surface area contributed by atoms with Crippen molar-refractivity contribution in [3.8, 4) is 5.69 Å². The van der Waals surface area contributed by atoms with Crippen molar-refractivity contribution in [1.29, 1.82) is 0 Å². The number of aromatic nitrogens is 4. The van der Waals surface area contributed by atoms with E-state index in [2.05, 4.69) is 31.0 Å².